The minimum atomic E-state index is 0. The van der Waals surface area contributed by atoms with E-state index in [1.165, 1.54) is 11.1 Å². The van der Waals surface area contributed by atoms with Gasteiger partial charge in [0.05, 0.1) is 6.61 Å². The summed E-state index contributed by atoms with van der Waals surface area (Å²) in [6, 6.07) is 8.67. The molecule has 1 aromatic rings. The molecule has 86 valence electrons. The highest BCUT2D eigenvalue weighted by molar-refractivity contribution is 5.85. The Morgan fingerprint density at radius 3 is 2.33 bits per heavy atom. The molecule has 2 N–H and O–H groups in total. The monoisotopic (exact) mass is 229 g/mol. The molecule has 1 unspecified atom stereocenters. The quantitative estimate of drug-likeness (QED) is 0.812. The summed E-state index contributed by atoms with van der Waals surface area (Å²) in [7, 11) is 0. The van der Waals surface area contributed by atoms with Gasteiger partial charge in [-0.1, -0.05) is 36.8 Å². The van der Waals surface area contributed by atoms with Crippen molar-refractivity contribution in [2.24, 2.45) is 0 Å². The van der Waals surface area contributed by atoms with Gasteiger partial charge in [-0.3, -0.25) is 0 Å². The number of hydrogen-bond acceptors (Lipinski definition) is 2. The number of aliphatic hydroxyl groups is 1. The Morgan fingerprint density at radius 1 is 1.27 bits per heavy atom. The molecule has 1 aromatic carbocycles. The van der Waals surface area contributed by atoms with Gasteiger partial charge in [-0.2, -0.15) is 0 Å². The van der Waals surface area contributed by atoms with E-state index in [0.29, 0.717) is 0 Å². The van der Waals surface area contributed by atoms with Gasteiger partial charge in [0.1, 0.15) is 0 Å². The Bertz CT molecular complexity index is 257. The van der Waals surface area contributed by atoms with E-state index in [4.69, 9.17) is 5.11 Å². The Balaban J connectivity index is 0.00000196. The first-order valence-corrected chi connectivity index (χ1v) is 5.16. The van der Waals surface area contributed by atoms with Gasteiger partial charge in [0.2, 0.25) is 0 Å². The molecule has 0 fully saturated rings. The lowest BCUT2D eigenvalue weighted by Crippen LogP contribution is -2.31. The van der Waals surface area contributed by atoms with Crippen LogP contribution in [-0.2, 0) is 6.54 Å². The highest BCUT2D eigenvalue weighted by atomic mass is 35.5. The third-order valence-electron chi connectivity index (χ3n) is 2.43. The first-order chi connectivity index (χ1) is 6.76. The number of aryl methyl sites for hydroxylation is 1. The first-order valence-electron chi connectivity index (χ1n) is 5.16. The second-order valence-corrected chi connectivity index (χ2v) is 3.65. The van der Waals surface area contributed by atoms with Crippen molar-refractivity contribution in [3.63, 3.8) is 0 Å². The van der Waals surface area contributed by atoms with Gasteiger partial charge < -0.3 is 10.4 Å². The summed E-state index contributed by atoms with van der Waals surface area (Å²) in [5.74, 6) is 0. The summed E-state index contributed by atoms with van der Waals surface area (Å²) in [6.07, 6.45) is 0.961. The molecule has 0 heterocycles. The molecule has 0 aliphatic rings. The maximum atomic E-state index is 8.99. The van der Waals surface area contributed by atoms with E-state index in [0.717, 1.165) is 13.0 Å². The van der Waals surface area contributed by atoms with Crippen LogP contribution in [0.1, 0.15) is 24.5 Å². The van der Waals surface area contributed by atoms with Crippen molar-refractivity contribution < 1.29 is 5.11 Å². The maximum absolute atomic E-state index is 8.99. The Hall–Kier alpha value is -0.570. The number of aliphatic hydroxyl groups excluding tert-OH is 1. The summed E-state index contributed by atoms with van der Waals surface area (Å²) in [6.45, 7) is 5.20. The number of rotatable bonds is 5. The van der Waals surface area contributed by atoms with E-state index in [1.54, 1.807) is 0 Å². The van der Waals surface area contributed by atoms with Crippen LogP contribution in [0.3, 0.4) is 0 Å². The van der Waals surface area contributed by atoms with E-state index < -0.39 is 0 Å². The zero-order chi connectivity index (χ0) is 10.4. The highest BCUT2D eigenvalue weighted by Gasteiger charge is 2.02. The standard InChI is InChI=1S/C12H19NO.ClH/c1-3-12(9-14)13-8-11-6-4-10(2)5-7-11;/h4-7,12-14H,3,8-9H2,1-2H3;1H. The van der Waals surface area contributed by atoms with E-state index in [9.17, 15) is 0 Å². The fourth-order valence-electron chi connectivity index (χ4n) is 1.31. The SMILES string of the molecule is CCC(CO)NCc1ccc(C)cc1.Cl. The predicted molar refractivity (Wildman–Crippen MR) is 66.4 cm³/mol. The molecule has 0 aromatic heterocycles. The van der Waals surface area contributed by atoms with Gasteiger partial charge in [-0.15, -0.1) is 12.4 Å². The first kappa shape index (κ1) is 14.4. The lowest BCUT2D eigenvalue weighted by atomic mass is 10.1. The maximum Gasteiger partial charge on any atom is 0.0584 e. The summed E-state index contributed by atoms with van der Waals surface area (Å²) in [5.41, 5.74) is 2.55. The van der Waals surface area contributed by atoms with Crippen molar-refractivity contribution in [3.05, 3.63) is 35.4 Å². The van der Waals surface area contributed by atoms with Crippen LogP contribution in [0, 0.1) is 6.92 Å². The van der Waals surface area contributed by atoms with Crippen molar-refractivity contribution in [1.82, 2.24) is 5.32 Å². The lowest BCUT2D eigenvalue weighted by molar-refractivity contribution is 0.238. The number of benzene rings is 1. The zero-order valence-electron chi connectivity index (χ0n) is 9.36. The molecule has 1 rings (SSSR count). The summed E-state index contributed by atoms with van der Waals surface area (Å²) in [5, 5.41) is 12.3. The van der Waals surface area contributed by atoms with Gasteiger partial charge in [-0.25, -0.2) is 0 Å². The molecule has 0 amide bonds. The second kappa shape index (κ2) is 7.69. The molecule has 0 spiro atoms. The molecule has 15 heavy (non-hydrogen) atoms. The molecule has 0 aliphatic heterocycles. The van der Waals surface area contributed by atoms with Crippen LogP contribution < -0.4 is 5.32 Å². The molecule has 0 radical (unpaired) electrons. The minimum Gasteiger partial charge on any atom is -0.395 e. The summed E-state index contributed by atoms with van der Waals surface area (Å²) < 4.78 is 0. The van der Waals surface area contributed by atoms with Gasteiger partial charge >= 0.3 is 0 Å². The van der Waals surface area contributed by atoms with Crippen LogP contribution in [0.25, 0.3) is 0 Å². The molecule has 0 bridgehead atoms. The van der Waals surface area contributed by atoms with Crippen LogP contribution >= 0.6 is 12.4 Å². The van der Waals surface area contributed by atoms with Crippen LogP contribution in [0.5, 0.6) is 0 Å². The predicted octanol–water partition coefficient (Wildman–Crippen LogP) is 2.28. The molecule has 0 aliphatic carbocycles. The van der Waals surface area contributed by atoms with Crippen LogP contribution in [0.4, 0.5) is 0 Å². The average Bonchev–Trinajstić information content (AvgIpc) is 2.22. The molecule has 0 saturated heterocycles. The second-order valence-electron chi connectivity index (χ2n) is 3.65. The topological polar surface area (TPSA) is 32.3 Å². The van der Waals surface area contributed by atoms with Crippen molar-refractivity contribution in [3.8, 4) is 0 Å². The largest absolute Gasteiger partial charge is 0.395 e. The highest BCUT2D eigenvalue weighted by Crippen LogP contribution is 2.03. The molecule has 1 atom stereocenters. The third kappa shape index (κ3) is 5.17. The van der Waals surface area contributed by atoms with E-state index in [1.807, 2.05) is 0 Å². The molecular weight excluding hydrogens is 210 g/mol. The van der Waals surface area contributed by atoms with E-state index in [2.05, 4.69) is 43.4 Å². The summed E-state index contributed by atoms with van der Waals surface area (Å²) in [4.78, 5) is 0. The third-order valence-corrected chi connectivity index (χ3v) is 2.43. The van der Waals surface area contributed by atoms with Crippen molar-refractivity contribution >= 4 is 12.4 Å². The fourth-order valence-corrected chi connectivity index (χ4v) is 1.31. The lowest BCUT2D eigenvalue weighted by Gasteiger charge is -2.13. The Morgan fingerprint density at radius 2 is 1.87 bits per heavy atom. The Kier molecular flexibility index (Phi) is 7.39. The van der Waals surface area contributed by atoms with Crippen LogP contribution in [0.15, 0.2) is 24.3 Å². The fraction of sp³-hybridized carbons (Fsp3) is 0.500. The number of hydrogen-bond donors (Lipinski definition) is 2. The number of halogens is 1. The van der Waals surface area contributed by atoms with Crippen molar-refractivity contribution in [2.75, 3.05) is 6.61 Å². The molecule has 3 heteroatoms. The molecular formula is C12H20ClNO. The van der Waals surface area contributed by atoms with Crippen molar-refractivity contribution in [2.45, 2.75) is 32.9 Å². The van der Waals surface area contributed by atoms with E-state index >= 15 is 0 Å². The summed E-state index contributed by atoms with van der Waals surface area (Å²) >= 11 is 0. The van der Waals surface area contributed by atoms with Gasteiger partial charge in [0.15, 0.2) is 0 Å². The molecule has 0 saturated carbocycles. The Labute approximate surface area is 98.1 Å². The van der Waals surface area contributed by atoms with Crippen LogP contribution in [-0.4, -0.2) is 17.8 Å². The zero-order valence-corrected chi connectivity index (χ0v) is 10.2. The smallest absolute Gasteiger partial charge is 0.0584 e. The van der Waals surface area contributed by atoms with Gasteiger partial charge in [0.25, 0.3) is 0 Å². The van der Waals surface area contributed by atoms with Crippen molar-refractivity contribution in [1.29, 1.82) is 0 Å². The normalized spacial score (nSPS) is 11.9. The van der Waals surface area contributed by atoms with Crippen LogP contribution in [0.2, 0.25) is 0 Å². The molecule has 2 nitrogen and oxygen atoms in total. The average molecular weight is 230 g/mol. The minimum absolute atomic E-state index is 0. The number of nitrogens with one attached hydrogen (secondary N) is 1. The van der Waals surface area contributed by atoms with E-state index in [-0.39, 0.29) is 25.1 Å². The van der Waals surface area contributed by atoms with Gasteiger partial charge in [-0.05, 0) is 18.9 Å². The van der Waals surface area contributed by atoms with Gasteiger partial charge in [0, 0.05) is 12.6 Å².